The molecule has 0 spiro atoms. The Kier molecular flexibility index (Phi) is 9.58. The van der Waals surface area contributed by atoms with Gasteiger partial charge < -0.3 is 15.0 Å². The maximum atomic E-state index is 12.4. The molecule has 0 aromatic heterocycles. The van der Waals surface area contributed by atoms with Crippen molar-refractivity contribution in [3.05, 3.63) is 28.8 Å². The third-order valence-electron chi connectivity index (χ3n) is 4.87. The molecule has 6 nitrogen and oxygen atoms in total. The van der Waals surface area contributed by atoms with E-state index < -0.39 is 0 Å². The molecule has 1 fully saturated rings. The standard InChI is InChI=1S/C21H32ClN3O3/c1-3-4-9-23-20(26)16-24-10-12-25(13-11-24)21(27)6-5-14-28-19-8-7-18(22)15-17(19)2/h7-8,15H,3-6,9-14,16H2,1-2H3,(H,23,26). The van der Waals surface area contributed by atoms with Gasteiger partial charge in [0.05, 0.1) is 13.2 Å². The van der Waals surface area contributed by atoms with E-state index in [-0.39, 0.29) is 11.8 Å². The first-order valence-electron chi connectivity index (χ1n) is 10.2. The zero-order chi connectivity index (χ0) is 20.4. The summed E-state index contributed by atoms with van der Waals surface area (Å²) < 4.78 is 5.75. The summed E-state index contributed by atoms with van der Waals surface area (Å²) in [6.07, 6.45) is 3.24. The van der Waals surface area contributed by atoms with Crippen molar-refractivity contribution < 1.29 is 14.3 Å². The summed E-state index contributed by atoms with van der Waals surface area (Å²) in [5.41, 5.74) is 0.994. The zero-order valence-corrected chi connectivity index (χ0v) is 17.8. The number of nitrogens with zero attached hydrogens (tertiary/aromatic N) is 2. The van der Waals surface area contributed by atoms with E-state index in [1.807, 2.05) is 24.0 Å². The molecule has 0 bridgehead atoms. The van der Waals surface area contributed by atoms with Crippen LogP contribution >= 0.6 is 11.6 Å². The number of rotatable bonds is 10. The number of nitrogens with one attached hydrogen (secondary N) is 1. The normalized spacial score (nSPS) is 14.8. The van der Waals surface area contributed by atoms with Crippen molar-refractivity contribution in [2.45, 2.75) is 39.5 Å². The van der Waals surface area contributed by atoms with E-state index >= 15 is 0 Å². The molecule has 0 aliphatic carbocycles. The summed E-state index contributed by atoms with van der Waals surface area (Å²) in [5.74, 6) is 1.04. The first-order valence-corrected chi connectivity index (χ1v) is 10.5. The number of hydrogen-bond donors (Lipinski definition) is 1. The fourth-order valence-electron chi connectivity index (χ4n) is 3.16. The van der Waals surface area contributed by atoms with Crippen LogP contribution in [0.25, 0.3) is 0 Å². The molecule has 1 heterocycles. The highest BCUT2D eigenvalue weighted by molar-refractivity contribution is 6.30. The molecule has 1 N–H and O–H groups in total. The highest BCUT2D eigenvalue weighted by Gasteiger charge is 2.22. The summed E-state index contributed by atoms with van der Waals surface area (Å²) in [6, 6.07) is 5.53. The summed E-state index contributed by atoms with van der Waals surface area (Å²) in [4.78, 5) is 28.3. The molecule has 1 aliphatic heterocycles. The average Bonchev–Trinajstić information content (AvgIpc) is 2.67. The monoisotopic (exact) mass is 409 g/mol. The van der Waals surface area contributed by atoms with Gasteiger partial charge in [0.1, 0.15) is 5.75 Å². The van der Waals surface area contributed by atoms with Crippen molar-refractivity contribution in [1.82, 2.24) is 15.1 Å². The van der Waals surface area contributed by atoms with Crippen LogP contribution in [0.3, 0.4) is 0 Å². The van der Waals surface area contributed by atoms with Crippen molar-refractivity contribution in [1.29, 1.82) is 0 Å². The lowest BCUT2D eigenvalue weighted by Crippen LogP contribution is -2.51. The second kappa shape index (κ2) is 11.9. The van der Waals surface area contributed by atoms with E-state index in [0.717, 1.165) is 43.8 Å². The molecule has 1 aliphatic rings. The summed E-state index contributed by atoms with van der Waals surface area (Å²) in [7, 11) is 0. The quantitative estimate of drug-likeness (QED) is 0.603. The van der Waals surface area contributed by atoms with Crippen molar-refractivity contribution in [3.8, 4) is 5.75 Å². The molecule has 0 saturated carbocycles. The van der Waals surface area contributed by atoms with E-state index in [4.69, 9.17) is 16.3 Å². The third-order valence-corrected chi connectivity index (χ3v) is 5.11. The van der Waals surface area contributed by atoms with E-state index in [2.05, 4.69) is 17.1 Å². The Labute approximate surface area is 173 Å². The van der Waals surface area contributed by atoms with Crippen LogP contribution in [-0.2, 0) is 9.59 Å². The highest BCUT2D eigenvalue weighted by atomic mass is 35.5. The molecule has 0 atom stereocenters. The van der Waals surface area contributed by atoms with Crippen LogP contribution in [0.2, 0.25) is 5.02 Å². The SMILES string of the molecule is CCCCNC(=O)CN1CCN(C(=O)CCCOc2ccc(Cl)cc2C)CC1. The van der Waals surface area contributed by atoms with Crippen molar-refractivity contribution >= 4 is 23.4 Å². The minimum Gasteiger partial charge on any atom is -0.493 e. The predicted octanol–water partition coefficient (Wildman–Crippen LogP) is 2.87. The first-order chi connectivity index (χ1) is 13.5. The Bertz CT molecular complexity index is 646. The van der Waals surface area contributed by atoms with Crippen LogP contribution in [0.5, 0.6) is 5.75 Å². The lowest BCUT2D eigenvalue weighted by molar-refractivity contribution is -0.133. The molecule has 1 aromatic carbocycles. The van der Waals surface area contributed by atoms with Gasteiger partial charge in [0.2, 0.25) is 11.8 Å². The van der Waals surface area contributed by atoms with Crippen LogP contribution in [0.1, 0.15) is 38.2 Å². The van der Waals surface area contributed by atoms with Crippen LogP contribution in [0, 0.1) is 6.92 Å². The van der Waals surface area contributed by atoms with Gasteiger partial charge in [-0.3, -0.25) is 14.5 Å². The second-order valence-electron chi connectivity index (χ2n) is 7.22. The molecule has 2 rings (SSSR count). The Morgan fingerprint density at radius 2 is 1.93 bits per heavy atom. The lowest BCUT2D eigenvalue weighted by atomic mass is 10.2. The Morgan fingerprint density at radius 3 is 2.61 bits per heavy atom. The molecule has 2 amide bonds. The molecule has 1 saturated heterocycles. The molecule has 0 radical (unpaired) electrons. The van der Waals surface area contributed by atoms with Crippen LogP contribution in [0.4, 0.5) is 0 Å². The van der Waals surface area contributed by atoms with E-state index in [1.165, 1.54) is 0 Å². The lowest BCUT2D eigenvalue weighted by Gasteiger charge is -2.34. The smallest absolute Gasteiger partial charge is 0.234 e. The van der Waals surface area contributed by atoms with Crippen LogP contribution in [-0.4, -0.2) is 67.5 Å². The van der Waals surface area contributed by atoms with Gasteiger partial charge in [-0.05, 0) is 43.5 Å². The van der Waals surface area contributed by atoms with Gasteiger partial charge in [-0.25, -0.2) is 0 Å². The molecular weight excluding hydrogens is 378 g/mol. The number of carbonyl (C=O) groups excluding carboxylic acids is 2. The summed E-state index contributed by atoms with van der Waals surface area (Å²) in [5, 5.41) is 3.63. The summed E-state index contributed by atoms with van der Waals surface area (Å²) in [6.45, 7) is 8.57. The number of hydrogen-bond acceptors (Lipinski definition) is 4. The number of benzene rings is 1. The van der Waals surface area contributed by atoms with Gasteiger partial charge in [0, 0.05) is 44.2 Å². The fraction of sp³-hybridized carbons (Fsp3) is 0.619. The fourth-order valence-corrected chi connectivity index (χ4v) is 3.38. The van der Waals surface area contributed by atoms with Crippen molar-refractivity contribution in [2.24, 2.45) is 0 Å². The largest absolute Gasteiger partial charge is 0.493 e. The van der Waals surface area contributed by atoms with Gasteiger partial charge in [-0.2, -0.15) is 0 Å². The molecule has 0 unspecified atom stereocenters. The Hall–Kier alpha value is -1.79. The van der Waals surface area contributed by atoms with E-state index in [0.29, 0.717) is 44.1 Å². The topological polar surface area (TPSA) is 61.9 Å². The second-order valence-corrected chi connectivity index (χ2v) is 7.66. The minimum absolute atomic E-state index is 0.0721. The number of halogens is 1. The molecular formula is C21H32ClN3O3. The van der Waals surface area contributed by atoms with Gasteiger partial charge in [0.25, 0.3) is 0 Å². The number of aryl methyl sites for hydroxylation is 1. The molecule has 7 heteroatoms. The number of unbranched alkanes of at least 4 members (excludes halogenated alkanes) is 1. The third kappa shape index (κ3) is 7.68. The Morgan fingerprint density at radius 1 is 1.18 bits per heavy atom. The number of amides is 2. The van der Waals surface area contributed by atoms with Gasteiger partial charge >= 0.3 is 0 Å². The number of piperazine rings is 1. The highest BCUT2D eigenvalue weighted by Crippen LogP contribution is 2.22. The van der Waals surface area contributed by atoms with Gasteiger partial charge in [-0.1, -0.05) is 24.9 Å². The maximum Gasteiger partial charge on any atom is 0.234 e. The molecule has 1 aromatic rings. The maximum absolute atomic E-state index is 12.4. The van der Waals surface area contributed by atoms with Crippen molar-refractivity contribution in [3.63, 3.8) is 0 Å². The number of ether oxygens (including phenoxy) is 1. The zero-order valence-electron chi connectivity index (χ0n) is 17.0. The summed E-state index contributed by atoms with van der Waals surface area (Å²) >= 11 is 5.94. The van der Waals surface area contributed by atoms with E-state index in [1.54, 1.807) is 6.07 Å². The molecule has 28 heavy (non-hydrogen) atoms. The van der Waals surface area contributed by atoms with Gasteiger partial charge in [0.15, 0.2) is 0 Å². The average molecular weight is 410 g/mol. The minimum atomic E-state index is 0.0721. The van der Waals surface area contributed by atoms with Gasteiger partial charge in [-0.15, -0.1) is 0 Å². The first kappa shape index (κ1) is 22.5. The van der Waals surface area contributed by atoms with Crippen LogP contribution < -0.4 is 10.1 Å². The van der Waals surface area contributed by atoms with Crippen molar-refractivity contribution in [2.75, 3.05) is 45.9 Å². The van der Waals surface area contributed by atoms with E-state index in [9.17, 15) is 9.59 Å². The Balaban J connectivity index is 1.60. The predicted molar refractivity (Wildman–Crippen MR) is 112 cm³/mol. The van der Waals surface area contributed by atoms with Crippen LogP contribution in [0.15, 0.2) is 18.2 Å². The number of carbonyl (C=O) groups is 2. The molecule has 156 valence electrons.